The van der Waals surface area contributed by atoms with Crippen LogP contribution in [0.15, 0.2) is 16.3 Å². The van der Waals surface area contributed by atoms with E-state index in [0.29, 0.717) is 30.5 Å². The summed E-state index contributed by atoms with van der Waals surface area (Å²) in [7, 11) is -1.87. The zero-order valence-electron chi connectivity index (χ0n) is 11.6. The van der Waals surface area contributed by atoms with Crippen LogP contribution in [0.25, 0.3) is 0 Å². The van der Waals surface area contributed by atoms with Crippen LogP contribution in [0.3, 0.4) is 0 Å². The molecule has 0 saturated heterocycles. The smallest absolute Gasteiger partial charge is 0.252 e. The van der Waals surface area contributed by atoms with Crippen molar-refractivity contribution in [3.05, 3.63) is 17.0 Å². The van der Waals surface area contributed by atoms with Crippen molar-refractivity contribution in [2.24, 2.45) is 11.7 Å². The zero-order chi connectivity index (χ0) is 14.5. The molecule has 0 amide bonds. The van der Waals surface area contributed by atoms with Gasteiger partial charge in [0.15, 0.2) is 0 Å². The minimum Gasteiger partial charge on any atom is -0.383 e. The molecule has 7 heteroatoms. The Morgan fingerprint density at radius 1 is 1.42 bits per heavy atom. The number of methoxy groups -OCH3 is 1. The van der Waals surface area contributed by atoms with E-state index in [4.69, 9.17) is 10.5 Å². The fourth-order valence-electron chi connectivity index (χ4n) is 1.64. The van der Waals surface area contributed by atoms with Crippen molar-refractivity contribution < 1.29 is 13.2 Å². The third-order valence-electron chi connectivity index (χ3n) is 2.55. The van der Waals surface area contributed by atoms with E-state index >= 15 is 0 Å². The van der Waals surface area contributed by atoms with Gasteiger partial charge in [-0.1, -0.05) is 13.8 Å². The van der Waals surface area contributed by atoms with Crippen molar-refractivity contribution in [3.8, 4) is 0 Å². The van der Waals surface area contributed by atoms with Crippen LogP contribution in [0.4, 0.5) is 0 Å². The monoisotopic (exact) mass is 306 g/mol. The fourth-order valence-corrected chi connectivity index (χ4v) is 4.62. The molecule has 2 N–H and O–H groups in total. The van der Waals surface area contributed by atoms with E-state index in [0.717, 1.165) is 4.88 Å². The number of hydrogen-bond donors (Lipinski definition) is 1. The fraction of sp³-hybridized carbons (Fsp3) is 0.667. The van der Waals surface area contributed by atoms with Gasteiger partial charge in [-0.3, -0.25) is 0 Å². The zero-order valence-corrected chi connectivity index (χ0v) is 13.3. The molecule has 0 aliphatic heterocycles. The predicted octanol–water partition coefficient (Wildman–Crippen LogP) is 1.50. The second kappa shape index (κ2) is 7.35. The molecule has 0 aliphatic rings. The first kappa shape index (κ1) is 16.6. The first-order valence-corrected chi connectivity index (χ1v) is 8.45. The highest BCUT2D eigenvalue weighted by atomic mass is 32.2. The van der Waals surface area contributed by atoms with E-state index in [1.165, 1.54) is 15.6 Å². The maximum absolute atomic E-state index is 12.5. The number of sulfonamides is 1. The third kappa shape index (κ3) is 4.54. The van der Waals surface area contributed by atoms with Gasteiger partial charge >= 0.3 is 0 Å². The van der Waals surface area contributed by atoms with E-state index in [9.17, 15) is 8.42 Å². The Bertz CT molecular complexity index is 483. The summed E-state index contributed by atoms with van der Waals surface area (Å²) in [6, 6.07) is 3.39. The first-order chi connectivity index (χ1) is 8.91. The Balaban J connectivity index is 2.96. The van der Waals surface area contributed by atoms with E-state index in [2.05, 4.69) is 0 Å². The van der Waals surface area contributed by atoms with Crippen molar-refractivity contribution in [2.75, 3.05) is 26.8 Å². The third-order valence-corrected chi connectivity index (χ3v) is 5.99. The average Bonchev–Trinajstić information content (AvgIpc) is 2.83. The minimum atomic E-state index is -3.44. The maximum Gasteiger partial charge on any atom is 0.252 e. The molecule has 110 valence electrons. The molecule has 0 aliphatic carbocycles. The van der Waals surface area contributed by atoms with Gasteiger partial charge in [0.25, 0.3) is 10.0 Å². The van der Waals surface area contributed by atoms with Crippen LogP contribution < -0.4 is 5.73 Å². The Morgan fingerprint density at radius 2 is 2.11 bits per heavy atom. The van der Waals surface area contributed by atoms with Gasteiger partial charge < -0.3 is 10.5 Å². The van der Waals surface area contributed by atoms with Crippen LogP contribution in [0, 0.1) is 5.92 Å². The number of ether oxygens (including phenoxy) is 1. The summed E-state index contributed by atoms with van der Waals surface area (Å²) in [5.41, 5.74) is 5.53. The SMILES string of the molecule is COCCN(CC(C)C)S(=O)(=O)c1ccc(CN)s1. The van der Waals surface area contributed by atoms with Gasteiger partial charge in [-0.05, 0) is 18.1 Å². The minimum absolute atomic E-state index is 0.264. The van der Waals surface area contributed by atoms with Crippen LogP contribution in [-0.2, 0) is 21.3 Å². The highest BCUT2D eigenvalue weighted by Gasteiger charge is 2.26. The molecule has 0 bridgehead atoms. The summed E-state index contributed by atoms with van der Waals surface area (Å²) in [5, 5.41) is 0. The molecule has 1 aromatic rings. The quantitative estimate of drug-likeness (QED) is 0.790. The second-order valence-electron chi connectivity index (χ2n) is 4.67. The maximum atomic E-state index is 12.5. The molecular formula is C12H22N2O3S2. The molecule has 0 atom stereocenters. The molecule has 1 aromatic heterocycles. The van der Waals surface area contributed by atoms with Crippen LogP contribution in [0.1, 0.15) is 18.7 Å². The Kier molecular flexibility index (Phi) is 6.41. The van der Waals surface area contributed by atoms with Gasteiger partial charge in [-0.15, -0.1) is 11.3 Å². The van der Waals surface area contributed by atoms with E-state index in [1.807, 2.05) is 13.8 Å². The number of thiophene rings is 1. The molecule has 0 aromatic carbocycles. The number of nitrogens with zero attached hydrogens (tertiary/aromatic N) is 1. The molecule has 0 saturated carbocycles. The van der Waals surface area contributed by atoms with Gasteiger partial charge in [-0.25, -0.2) is 8.42 Å². The summed E-state index contributed by atoms with van der Waals surface area (Å²) >= 11 is 1.23. The van der Waals surface area contributed by atoms with Crippen molar-refractivity contribution in [1.29, 1.82) is 0 Å². The average molecular weight is 306 g/mol. The van der Waals surface area contributed by atoms with E-state index < -0.39 is 10.0 Å². The lowest BCUT2D eigenvalue weighted by molar-refractivity contribution is 0.175. The topological polar surface area (TPSA) is 72.6 Å². The highest BCUT2D eigenvalue weighted by molar-refractivity contribution is 7.91. The van der Waals surface area contributed by atoms with Crippen molar-refractivity contribution >= 4 is 21.4 Å². The van der Waals surface area contributed by atoms with E-state index in [1.54, 1.807) is 19.2 Å². The lowest BCUT2D eigenvalue weighted by Crippen LogP contribution is -2.36. The normalized spacial score (nSPS) is 12.5. The van der Waals surface area contributed by atoms with Gasteiger partial charge in [0.05, 0.1) is 6.61 Å². The molecule has 0 radical (unpaired) electrons. The number of nitrogens with two attached hydrogens (primary N) is 1. The summed E-state index contributed by atoms with van der Waals surface area (Å²) in [6.45, 7) is 5.60. The summed E-state index contributed by atoms with van der Waals surface area (Å²) in [6.07, 6.45) is 0. The lowest BCUT2D eigenvalue weighted by atomic mass is 10.2. The molecule has 0 fully saturated rings. The largest absolute Gasteiger partial charge is 0.383 e. The second-order valence-corrected chi connectivity index (χ2v) is 8.01. The molecule has 1 heterocycles. The number of rotatable bonds is 8. The van der Waals surface area contributed by atoms with Crippen LogP contribution in [-0.4, -0.2) is 39.5 Å². The summed E-state index contributed by atoms with van der Waals surface area (Å²) in [5.74, 6) is 0.264. The first-order valence-electron chi connectivity index (χ1n) is 6.19. The van der Waals surface area contributed by atoms with Gasteiger partial charge in [-0.2, -0.15) is 4.31 Å². The van der Waals surface area contributed by atoms with Gasteiger partial charge in [0.2, 0.25) is 0 Å². The summed E-state index contributed by atoms with van der Waals surface area (Å²) in [4.78, 5) is 0.870. The van der Waals surface area contributed by atoms with Gasteiger partial charge in [0.1, 0.15) is 4.21 Å². The molecule has 5 nitrogen and oxygen atoms in total. The molecule has 19 heavy (non-hydrogen) atoms. The predicted molar refractivity (Wildman–Crippen MR) is 77.7 cm³/mol. The number of hydrogen-bond acceptors (Lipinski definition) is 5. The van der Waals surface area contributed by atoms with Gasteiger partial charge in [0, 0.05) is 31.6 Å². The standard InChI is InChI=1S/C12H22N2O3S2/c1-10(2)9-14(6-7-17-3)19(15,16)12-5-4-11(8-13)18-12/h4-5,10H,6-9,13H2,1-3H3. The molecule has 0 unspecified atom stereocenters. The summed E-state index contributed by atoms with van der Waals surface area (Å²) < 4.78 is 31.9. The van der Waals surface area contributed by atoms with Crippen LogP contribution in [0.5, 0.6) is 0 Å². The van der Waals surface area contributed by atoms with Crippen LogP contribution >= 0.6 is 11.3 Å². The lowest BCUT2D eigenvalue weighted by Gasteiger charge is -2.22. The Hall–Kier alpha value is -0.470. The van der Waals surface area contributed by atoms with Crippen molar-refractivity contribution in [3.63, 3.8) is 0 Å². The highest BCUT2D eigenvalue weighted by Crippen LogP contribution is 2.25. The molecule has 0 spiro atoms. The molecular weight excluding hydrogens is 284 g/mol. The Labute approximate surface area is 119 Å². The van der Waals surface area contributed by atoms with E-state index in [-0.39, 0.29) is 5.92 Å². The molecule has 1 rings (SSSR count). The van der Waals surface area contributed by atoms with Crippen molar-refractivity contribution in [2.45, 2.75) is 24.6 Å². The Morgan fingerprint density at radius 3 is 2.58 bits per heavy atom. The van der Waals surface area contributed by atoms with Crippen LogP contribution in [0.2, 0.25) is 0 Å². The van der Waals surface area contributed by atoms with Crippen molar-refractivity contribution in [1.82, 2.24) is 4.31 Å².